The van der Waals surface area contributed by atoms with Crippen molar-refractivity contribution in [2.24, 2.45) is 0 Å². The van der Waals surface area contributed by atoms with Crippen LogP contribution in [0.15, 0.2) is 12.1 Å². The number of hydrogen-bond donors (Lipinski definition) is 1. The summed E-state index contributed by atoms with van der Waals surface area (Å²) in [6, 6.07) is 1.18. The van der Waals surface area contributed by atoms with Gasteiger partial charge in [-0.2, -0.15) is 13.2 Å². The number of imide groups is 1. The van der Waals surface area contributed by atoms with Crippen LogP contribution < -0.4 is 5.32 Å². The first kappa shape index (κ1) is 14.2. The van der Waals surface area contributed by atoms with E-state index < -0.39 is 23.8 Å². The molecule has 108 valence electrons. The highest BCUT2D eigenvalue weighted by Gasteiger charge is 2.34. The second kappa shape index (κ2) is 5.06. The highest BCUT2D eigenvalue weighted by atomic mass is 19.4. The number of nitrogens with one attached hydrogen (secondary N) is 1. The average Bonchev–Trinajstić information content (AvgIpc) is 2.39. The molecule has 0 aromatic carbocycles. The molecule has 20 heavy (non-hydrogen) atoms. The first-order valence-corrected chi connectivity index (χ1v) is 5.77. The second-order valence-corrected chi connectivity index (χ2v) is 4.33. The lowest BCUT2D eigenvalue weighted by atomic mass is 10.0. The lowest BCUT2D eigenvalue weighted by molar-refractivity contribution is -0.147. The molecule has 1 atom stereocenters. The number of likely N-dealkylation sites (tertiary alicyclic amines) is 1. The van der Waals surface area contributed by atoms with E-state index in [4.69, 9.17) is 0 Å². The predicted octanol–water partition coefficient (Wildman–Crippen LogP) is 1.05. The number of rotatable bonds is 2. The van der Waals surface area contributed by atoms with Crippen molar-refractivity contribution < 1.29 is 22.8 Å². The van der Waals surface area contributed by atoms with Crippen LogP contribution in [-0.4, -0.2) is 40.0 Å². The Kier molecular flexibility index (Phi) is 3.60. The van der Waals surface area contributed by atoms with Gasteiger partial charge in [-0.05, 0) is 18.6 Å². The van der Waals surface area contributed by atoms with E-state index in [1.165, 1.54) is 7.05 Å². The summed E-state index contributed by atoms with van der Waals surface area (Å²) in [5, 5.41) is 9.10. The van der Waals surface area contributed by atoms with Gasteiger partial charge < -0.3 is 5.32 Å². The number of carbonyl (C=O) groups excluding carboxylic acids is 2. The number of piperidine rings is 1. The van der Waals surface area contributed by atoms with Crippen LogP contribution >= 0.6 is 0 Å². The van der Waals surface area contributed by atoms with Crippen molar-refractivity contribution in [1.29, 1.82) is 0 Å². The van der Waals surface area contributed by atoms with Gasteiger partial charge in [0.2, 0.25) is 5.91 Å². The number of likely N-dealkylation sites (N-methyl/N-ethyl adjacent to an activating group) is 1. The number of aromatic nitrogens is 2. The minimum Gasteiger partial charge on any atom is -0.357 e. The van der Waals surface area contributed by atoms with E-state index in [0.717, 1.165) is 17.0 Å². The fraction of sp³-hybridized carbons (Fsp3) is 0.455. The summed E-state index contributed by atoms with van der Waals surface area (Å²) in [6.07, 6.45) is -4.10. The Morgan fingerprint density at radius 2 is 2.00 bits per heavy atom. The zero-order chi connectivity index (χ0) is 14.9. The van der Waals surface area contributed by atoms with E-state index in [9.17, 15) is 22.8 Å². The number of anilines is 1. The third-order valence-electron chi connectivity index (χ3n) is 2.93. The third-order valence-corrected chi connectivity index (χ3v) is 2.93. The first-order valence-electron chi connectivity index (χ1n) is 5.77. The molecule has 1 aromatic heterocycles. The molecule has 9 heteroatoms. The van der Waals surface area contributed by atoms with Crippen molar-refractivity contribution in [3.05, 3.63) is 17.8 Å². The second-order valence-electron chi connectivity index (χ2n) is 4.33. The molecule has 1 fully saturated rings. The van der Waals surface area contributed by atoms with Gasteiger partial charge in [-0.15, -0.1) is 10.2 Å². The van der Waals surface area contributed by atoms with Gasteiger partial charge in [0, 0.05) is 13.5 Å². The maximum Gasteiger partial charge on any atom is 0.435 e. The molecule has 0 bridgehead atoms. The molecule has 1 N–H and O–H groups in total. The van der Waals surface area contributed by atoms with Gasteiger partial charge in [0.15, 0.2) is 5.69 Å². The maximum absolute atomic E-state index is 12.3. The standard InChI is InChI=1S/C11H11F3N4O2/c1-18-9(19)5-2-6(10(18)20)15-8-4-3-7(16-17-8)11(12,13)14/h3-4,6H,2,5H2,1H3,(H,15,17). The molecule has 1 saturated heterocycles. The first-order chi connectivity index (χ1) is 9.29. The maximum atomic E-state index is 12.3. The van der Waals surface area contributed by atoms with Crippen molar-refractivity contribution in [1.82, 2.24) is 15.1 Å². The van der Waals surface area contributed by atoms with Gasteiger partial charge in [0.05, 0.1) is 0 Å². The van der Waals surface area contributed by atoms with E-state index in [1.54, 1.807) is 0 Å². The molecule has 2 rings (SSSR count). The molecule has 6 nitrogen and oxygen atoms in total. The van der Waals surface area contributed by atoms with Crippen molar-refractivity contribution in [3.63, 3.8) is 0 Å². The van der Waals surface area contributed by atoms with Crippen molar-refractivity contribution in [2.75, 3.05) is 12.4 Å². The summed E-state index contributed by atoms with van der Waals surface area (Å²) in [7, 11) is 1.36. The van der Waals surface area contributed by atoms with Gasteiger partial charge in [-0.3, -0.25) is 14.5 Å². The van der Waals surface area contributed by atoms with E-state index >= 15 is 0 Å². The Bertz CT molecular complexity index is 529. The molecule has 0 spiro atoms. The summed E-state index contributed by atoms with van der Waals surface area (Å²) < 4.78 is 36.9. The van der Waals surface area contributed by atoms with Crippen LogP contribution in [0.5, 0.6) is 0 Å². The molecule has 1 unspecified atom stereocenters. The van der Waals surface area contributed by atoms with E-state index in [-0.39, 0.29) is 24.6 Å². The Morgan fingerprint density at radius 3 is 2.55 bits per heavy atom. The van der Waals surface area contributed by atoms with Crippen LogP contribution in [0, 0.1) is 0 Å². The van der Waals surface area contributed by atoms with Crippen LogP contribution in [0.1, 0.15) is 18.5 Å². The minimum atomic E-state index is -4.56. The average molecular weight is 288 g/mol. The molecule has 2 amide bonds. The van der Waals surface area contributed by atoms with E-state index in [2.05, 4.69) is 15.5 Å². The highest BCUT2D eigenvalue weighted by molar-refractivity contribution is 6.01. The molecule has 0 aliphatic carbocycles. The topological polar surface area (TPSA) is 75.2 Å². The number of halogens is 3. The molecule has 2 heterocycles. The monoisotopic (exact) mass is 288 g/mol. The highest BCUT2D eigenvalue weighted by Crippen LogP contribution is 2.27. The van der Waals surface area contributed by atoms with E-state index in [1.807, 2.05) is 0 Å². The molecular weight excluding hydrogens is 277 g/mol. The number of carbonyl (C=O) groups is 2. The van der Waals surface area contributed by atoms with Crippen LogP contribution in [0.3, 0.4) is 0 Å². The summed E-state index contributed by atoms with van der Waals surface area (Å²) in [5.74, 6) is -0.673. The quantitative estimate of drug-likeness (QED) is 0.823. The Labute approximate surface area is 112 Å². The van der Waals surface area contributed by atoms with Crippen LogP contribution in [0.25, 0.3) is 0 Å². The van der Waals surface area contributed by atoms with Crippen molar-refractivity contribution in [2.45, 2.75) is 25.1 Å². The Hall–Kier alpha value is -2.19. The normalized spacial score (nSPS) is 20.2. The summed E-state index contributed by atoms with van der Waals surface area (Å²) in [4.78, 5) is 24.0. The fourth-order valence-corrected chi connectivity index (χ4v) is 1.79. The van der Waals surface area contributed by atoms with Gasteiger partial charge in [0.1, 0.15) is 11.9 Å². The lowest BCUT2D eigenvalue weighted by Crippen LogP contribution is -2.48. The zero-order valence-corrected chi connectivity index (χ0v) is 10.4. The number of alkyl halides is 3. The summed E-state index contributed by atoms with van der Waals surface area (Å²) >= 11 is 0. The van der Waals surface area contributed by atoms with Gasteiger partial charge >= 0.3 is 6.18 Å². The molecule has 1 aromatic rings. The van der Waals surface area contributed by atoms with Crippen molar-refractivity contribution in [3.8, 4) is 0 Å². The number of hydrogen-bond acceptors (Lipinski definition) is 5. The smallest absolute Gasteiger partial charge is 0.357 e. The molecule has 1 aliphatic heterocycles. The van der Waals surface area contributed by atoms with Crippen molar-refractivity contribution >= 4 is 17.6 Å². The Morgan fingerprint density at radius 1 is 1.30 bits per heavy atom. The minimum absolute atomic E-state index is 0.0547. The molecule has 0 saturated carbocycles. The van der Waals surface area contributed by atoms with Gasteiger partial charge in [0.25, 0.3) is 5.91 Å². The predicted molar refractivity (Wildman–Crippen MR) is 61.5 cm³/mol. The van der Waals surface area contributed by atoms with Gasteiger partial charge in [-0.1, -0.05) is 0 Å². The molecule has 1 aliphatic rings. The largest absolute Gasteiger partial charge is 0.435 e. The van der Waals surface area contributed by atoms with Crippen LogP contribution in [-0.2, 0) is 15.8 Å². The third kappa shape index (κ3) is 2.86. The Balaban J connectivity index is 2.07. The van der Waals surface area contributed by atoms with Gasteiger partial charge in [-0.25, -0.2) is 0 Å². The molecular formula is C11H11F3N4O2. The number of amides is 2. The van der Waals surface area contributed by atoms with E-state index in [0.29, 0.717) is 0 Å². The lowest BCUT2D eigenvalue weighted by Gasteiger charge is -2.28. The summed E-state index contributed by atoms with van der Waals surface area (Å²) in [5.41, 5.74) is -1.11. The van der Waals surface area contributed by atoms with Crippen LogP contribution in [0.2, 0.25) is 0 Å². The SMILES string of the molecule is CN1C(=O)CCC(Nc2ccc(C(F)(F)F)nn2)C1=O. The fourth-order valence-electron chi connectivity index (χ4n) is 1.79. The summed E-state index contributed by atoms with van der Waals surface area (Å²) in [6.45, 7) is 0. The zero-order valence-electron chi connectivity index (χ0n) is 10.4. The molecule has 0 radical (unpaired) electrons. The number of nitrogens with zero attached hydrogens (tertiary/aromatic N) is 3. The van der Waals surface area contributed by atoms with Crippen LogP contribution in [0.4, 0.5) is 19.0 Å².